The third-order valence-corrected chi connectivity index (χ3v) is 2.74. The monoisotopic (exact) mass is 239 g/mol. The lowest BCUT2D eigenvalue weighted by Crippen LogP contribution is -2.29. The predicted molar refractivity (Wildman–Crippen MR) is 65.7 cm³/mol. The summed E-state index contributed by atoms with van der Waals surface area (Å²) in [6.45, 7) is 7.18. The van der Waals surface area contributed by atoms with E-state index in [1.165, 1.54) is 0 Å². The van der Waals surface area contributed by atoms with Crippen molar-refractivity contribution in [3.05, 3.63) is 18.2 Å². The van der Waals surface area contributed by atoms with Gasteiger partial charge in [-0.25, -0.2) is 4.98 Å². The number of aromatic nitrogens is 2. The zero-order valence-corrected chi connectivity index (χ0v) is 10.9. The van der Waals surface area contributed by atoms with Gasteiger partial charge < -0.3 is 9.67 Å². The minimum atomic E-state index is -0.755. The number of rotatable bonds is 6. The van der Waals surface area contributed by atoms with Gasteiger partial charge in [0.05, 0.1) is 17.9 Å². The lowest BCUT2D eigenvalue weighted by atomic mass is 10.2. The third kappa shape index (κ3) is 3.85. The topological polar surface area (TPSA) is 58.4 Å². The van der Waals surface area contributed by atoms with E-state index in [4.69, 9.17) is 5.11 Å². The lowest BCUT2D eigenvalue weighted by molar-refractivity contribution is -0.141. The molecule has 0 bridgehead atoms. The predicted octanol–water partition coefficient (Wildman–Crippen LogP) is 1.62. The van der Waals surface area contributed by atoms with Gasteiger partial charge in [0.15, 0.2) is 0 Å². The third-order valence-electron chi connectivity index (χ3n) is 2.74. The molecule has 96 valence electrons. The quantitative estimate of drug-likeness (QED) is 0.819. The summed E-state index contributed by atoms with van der Waals surface area (Å²) in [5, 5.41) is 8.86. The molecular weight excluding hydrogens is 218 g/mol. The van der Waals surface area contributed by atoms with Gasteiger partial charge in [0.25, 0.3) is 0 Å². The minimum absolute atomic E-state index is 0.351. The van der Waals surface area contributed by atoms with Crippen LogP contribution in [0.2, 0.25) is 0 Å². The van der Waals surface area contributed by atoms with Crippen LogP contribution in [0, 0.1) is 5.92 Å². The van der Waals surface area contributed by atoms with Crippen LogP contribution in [0.1, 0.15) is 32.5 Å². The SMILES string of the molecule is CC(CN(C)Cc1cncn1C(C)C)C(=O)O. The molecule has 5 nitrogen and oxygen atoms in total. The Morgan fingerprint density at radius 2 is 2.18 bits per heavy atom. The van der Waals surface area contributed by atoms with Crippen LogP contribution < -0.4 is 0 Å². The highest BCUT2D eigenvalue weighted by Crippen LogP contribution is 2.11. The van der Waals surface area contributed by atoms with E-state index in [-0.39, 0.29) is 5.92 Å². The first-order chi connectivity index (χ1) is 7.91. The molecule has 1 heterocycles. The van der Waals surface area contributed by atoms with E-state index in [9.17, 15) is 4.79 Å². The summed E-state index contributed by atoms with van der Waals surface area (Å²) in [7, 11) is 1.93. The van der Waals surface area contributed by atoms with Crippen LogP contribution >= 0.6 is 0 Å². The standard InChI is InChI=1S/C12H21N3O2/c1-9(2)15-8-13-5-11(15)7-14(4)6-10(3)12(16)17/h5,8-10H,6-7H2,1-4H3,(H,16,17). The molecule has 0 aliphatic heterocycles. The number of aliphatic carboxylic acids is 1. The van der Waals surface area contributed by atoms with E-state index in [0.717, 1.165) is 12.2 Å². The first-order valence-corrected chi connectivity index (χ1v) is 5.84. The molecule has 0 radical (unpaired) electrons. The maximum absolute atomic E-state index is 10.8. The van der Waals surface area contributed by atoms with E-state index < -0.39 is 5.97 Å². The van der Waals surface area contributed by atoms with Crippen molar-refractivity contribution in [1.82, 2.24) is 14.5 Å². The van der Waals surface area contributed by atoms with Crippen LogP contribution in [-0.4, -0.2) is 39.1 Å². The fraction of sp³-hybridized carbons (Fsp3) is 0.667. The van der Waals surface area contributed by atoms with Crippen molar-refractivity contribution in [2.24, 2.45) is 5.92 Å². The molecule has 1 unspecified atom stereocenters. The van der Waals surface area contributed by atoms with Crippen molar-refractivity contribution < 1.29 is 9.90 Å². The number of carboxylic acids is 1. The molecule has 1 atom stereocenters. The van der Waals surface area contributed by atoms with E-state index in [2.05, 4.69) is 23.4 Å². The second-order valence-electron chi connectivity index (χ2n) is 4.82. The summed E-state index contributed by atoms with van der Waals surface area (Å²) < 4.78 is 2.10. The maximum atomic E-state index is 10.8. The molecular formula is C12H21N3O2. The molecule has 0 aliphatic carbocycles. The summed E-state index contributed by atoms with van der Waals surface area (Å²) in [5.41, 5.74) is 1.11. The number of nitrogens with zero attached hydrogens (tertiary/aromatic N) is 3. The minimum Gasteiger partial charge on any atom is -0.481 e. The summed E-state index contributed by atoms with van der Waals surface area (Å²) in [5.74, 6) is -1.11. The Morgan fingerprint density at radius 1 is 1.53 bits per heavy atom. The van der Waals surface area contributed by atoms with Crippen molar-refractivity contribution >= 4 is 5.97 Å². The van der Waals surface area contributed by atoms with Crippen molar-refractivity contribution in [2.75, 3.05) is 13.6 Å². The van der Waals surface area contributed by atoms with Gasteiger partial charge in [0.1, 0.15) is 0 Å². The average Bonchev–Trinajstić information content (AvgIpc) is 2.65. The largest absolute Gasteiger partial charge is 0.481 e. The molecule has 0 saturated heterocycles. The fourth-order valence-electron chi connectivity index (χ4n) is 1.81. The van der Waals surface area contributed by atoms with Crippen molar-refractivity contribution in [1.29, 1.82) is 0 Å². The molecule has 17 heavy (non-hydrogen) atoms. The van der Waals surface area contributed by atoms with Crippen molar-refractivity contribution in [3.63, 3.8) is 0 Å². The Bertz CT molecular complexity index is 374. The van der Waals surface area contributed by atoms with Gasteiger partial charge in [0, 0.05) is 25.3 Å². The Kier molecular flexibility index (Phi) is 4.69. The van der Waals surface area contributed by atoms with Crippen molar-refractivity contribution in [2.45, 2.75) is 33.4 Å². The number of carbonyl (C=O) groups is 1. The molecule has 0 aromatic carbocycles. The number of imidazole rings is 1. The van der Waals surface area contributed by atoms with Crippen molar-refractivity contribution in [3.8, 4) is 0 Å². The molecule has 0 spiro atoms. The molecule has 1 aromatic rings. The lowest BCUT2D eigenvalue weighted by Gasteiger charge is -2.20. The molecule has 0 amide bonds. The highest BCUT2D eigenvalue weighted by Gasteiger charge is 2.15. The summed E-state index contributed by atoms with van der Waals surface area (Å²) in [6, 6.07) is 0.373. The average molecular weight is 239 g/mol. The van der Waals surface area contributed by atoms with Gasteiger partial charge in [-0.2, -0.15) is 0 Å². The fourth-order valence-corrected chi connectivity index (χ4v) is 1.81. The van der Waals surface area contributed by atoms with Gasteiger partial charge in [-0.1, -0.05) is 6.92 Å². The summed E-state index contributed by atoms with van der Waals surface area (Å²) in [6.07, 6.45) is 3.65. The van der Waals surface area contributed by atoms with Gasteiger partial charge in [-0.15, -0.1) is 0 Å². The van der Waals surface area contributed by atoms with Crippen LogP contribution in [0.4, 0.5) is 0 Å². The van der Waals surface area contributed by atoms with E-state index >= 15 is 0 Å². The van der Waals surface area contributed by atoms with E-state index in [1.54, 1.807) is 6.92 Å². The van der Waals surface area contributed by atoms with Crippen LogP contribution in [0.25, 0.3) is 0 Å². The Balaban J connectivity index is 2.59. The molecule has 1 rings (SSSR count). The van der Waals surface area contributed by atoms with Gasteiger partial charge in [-0.3, -0.25) is 9.69 Å². The highest BCUT2D eigenvalue weighted by molar-refractivity contribution is 5.69. The first kappa shape index (κ1) is 13.7. The van der Waals surface area contributed by atoms with Crippen LogP contribution in [0.3, 0.4) is 0 Å². The number of hydrogen-bond donors (Lipinski definition) is 1. The zero-order valence-electron chi connectivity index (χ0n) is 10.9. The van der Waals surface area contributed by atoms with Gasteiger partial charge in [0.2, 0.25) is 0 Å². The normalized spacial score (nSPS) is 13.3. The highest BCUT2D eigenvalue weighted by atomic mass is 16.4. The number of hydrogen-bond acceptors (Lipinski definition) is 3. The second-order valence-corrected chi connectivity index (χ2v) is 4.82. The first-order valence-electron chi connectivity index (χ1n) is 5.84. The summed E-state index contributed by atoms with van der Waals surface area (Å²) >= 11 is 0. The Hall–Kier alpha value is -1.36. The van der Waals surface area contributed by atoms with Gasteiger partial charge in [-0.05, 0) is 20.9 Å². The van der Waals surface area contributed by atoms with E-state index in [1.807, 2.05) is 24.5 Å². The smallest absolute Gasteiger partial charge is 0.307 e. The zero-order chi connectivity index (χ0) is 13.0. The molecule has 0 fully saturated rings. The van der Waals surface area contributed by atoms with Crippen LogP contribution in [-0.2, 0) is 11.3 Å². The van der Waals surface area contributed by atoms with Crippen LogP contribution in [0.5, 0.6) is 0 Å². The van der Waals surface area contributed by atoms with Crippen LogP contribution in [0.15, 0.2) is 12.5 Å². The molecule has 1 N–H and O–H groups in total. The Morgan fingerprint density at radius 3 is 2.71 bits per heavy atom. The molecule has 1 aromatic heterocycles. The number of carboxylic acid groups (broad SMARTS) is 1. The van der Waals surface area contributed by atoms with E-state index in [0.29, 0.717) is 12.6 Å². The maximum Gasteiger partial charge on any atom is 0.307 e. The van der Waals surface area contributed by atoms with Gasteiger partial charge >= 0.3 is 5.97 Å². The summed E-state index contributed by atoms with van der Waals surface area (Å²) in [4.78, 5) is 16.9. The Labute approximate surface area is 102 Å². The molecule has 0 aliphatic rings. The molecule has 5 heteroatoms. The second kappa shape index (κ2) is 5.82. The molecule has 0 saturated carbocycles.